The number of thiophene rings is 1. The Bertz CT molecular complexity index is 852. The third-order valence-corrected chi connectivity index (χ3v) is 7.67. The Morgan fingerprint density at radius 2 is 1.81 bits per heavy atom. The summed E-state index contributed by atoms with van der Waals surface area (Å²) in [5, 5.41) is 8.43. The van der Waals surface area contributed by atoms with Crippen molar-refractivity contribution in [3.63, 3.8) is 0 Å². The molecule has 5 N–H and O–H groups in total. The van der Waals surface area contributed by atoms with Crippen molar-refractivity contribution in [1.82, 2.24) is 16.1 Å². The molecule has 3 unspecified atom stereocenters. The minimum Gasteiger partial charge on any atom is -0.390 e. The van der Waals surface area contributed by atoms with E-state index in [9.17, 15) is 4.79 Å². The van der Waals surface area contributed by atoms with Gasteiger partial charge in [-0.15, -0.1) is 23.1 Å². The molecule has 0 spiro atoms. The molecule has 1 amide bonds. The van der Waals surface area contributed by atoms with E-state index in [1.54, 1.807) is 23.1 Å². The standard InChI is InChI=1S/C25H36N4OS2/c1-17(2)14-21(22(18(3)29-26)16-32-24-12-9-13-31-24)25(30)28-23(19(4)27-5)15-20-10-7-6-8-11-20/h6-13,17,21-23,27,29H,3-4,14-16,26H2,1-2,5H3,(H,28,30). The van der Waals surface area contributed by atoms with Crippen molar-refractivity contribution in [2.24, 2.45) is 23.6 Å². The van der Waals surface area contributed by atoms with Gasteiger partial charge in [-0.05, 0) is 35.8 Å². The van der Waals surface area contributed by atoms with Crippen LogP contribution in [0.4, 0.5) is 0 Å². The maximum atomic E-state index is 13.6. The van der Waals surface area contributed by atoms with E-state index in [1.807, 2.05) is 31.3 Å². The molecular weight excluding hydrogens is 436 g/mol. The van der Waals surface area contributed by atoms with Gasteiger partial charge in [-0.2, -0.15) is 0 Å². The molecule has 0 bridgehead atoms. The van der Waals surface area contributed by atoms with E-state index in [1.165, 1.54) is 4.21 Å². The van der Waals surface area contributed by atoms with Crippen molar-refractivity contribution >= 4 is 29.0 Å². The number of hydrogen-bond acceptors (Lipinski definition) is 6. The molecule has 0 fully saturated rings. The highest BCUT2D eigenvalue weighted by Gasteiger charge is 2.32. The molecule has 32 heavy (non-hydrogen) atoms. The number of nitrogens with one attached hydrogen (secondary N) is 3. The number of carbonyl (C=O) groups is 1. The van der Waals surface area contributed by atoms with Crippen LogP contribution in [0.2, 0.25) is 0 Å². The fraction of sp³-hybridized carbons (Fsp3) is 0.400. The molecule has 1 aromatic heterocycles. The molecule has 174 valence electrons. The summed E-state index contributed by atoms with van der Waals surface area (Å²) < 4.78 is 1.22. The van der Waals surface area contributed by atoms with Gasteiger partial charge in [-0.25, -0.2) is 0 Å². The maximum Gasteiger partial charge on any atom is 0.224 e. The van der Waals surface area contributed by atoms with Crippen molar-refractivity contribution < 1.29 is 4.79 Å². The predicted octanol–water partition coefficient (Wildman–Crippen LogP) is 4.56. The van der Waals surface area contributed by atoms with Crippen molar-refractivity contribution in [2.45, 2.75) is 36.9 Å². The van der Waals surface area contributed by atoms with Gasteiger partial charge in [0.2, 0.25) is 5.91 Å². The summed E-state index contributed by atoms with van der Waals surface area (Å²) in [4.78, 5) is 13.6. The summed E-state index contributed by atoms with van der Waals surface area (Å²) >= 11 is 3.43. The Morgan fingerprint density at radius 1 is 1.09 bits per heavy atom. The van der Waals surface area contributed by atoms with Crippen LogP contribution >= 0.6 is 23.1 Å². The predicted molar refractivity (Wildman–Crippen MR) is 138 cm³/mol. The molecule has 0 saturated carbocycles. The Kier molecular flexibility index (Phi) is 10.9. The molecule has 0 aliphatic rings. The second-order valence-electron chi connectivity index (χ2n) is 8.28. The molecule has 0 aliphatic carbocycles. The van der Waals surface area contributed by atoms with Crippen LogP contribution in [-0.4, -0.2) is 24.7 Å². The van der Waals surface area contributed by atoms with Crippen LogP contribution in [0.5, 0.6) is 0 Å². The Balaban J connectivity index is 2.23. The lowest BCUT2D eigenvalue weighted by atomic mass is 9.83. The van der Waals surface area contributed by atoms with Crippen LogP contribution in [-0.2, 0) is 11.2 Å². The monoisotopic (exact) mass is 472 g/mol. The number of nitrogens with two attached hydrogens (primary N) is 1. The van der Waals surface area contributed by atoms with E-state index in [0.717, 1.165) is 23.4 Å². The molecule has 3 atom stereocenters. The van der Waals surface area contributed by atoms with Gasteiger partial charge >= 0.3 is 0 Å². The van der Waals surface area contributed by atoms with Crippen molar-refractivity contribution in [3.05, 3.63) is 78.0 Å². The molecular formula is C25H36N4OS2. The number of thioether (sulfide) groups is 1. The van der Waals surface area contributed by atoms with E-state index >= 15 is 0 Å². The zero-order chi connectivity index (χ0) is 23.5. The molecule has 0 radical (unpaired) electrons. The molecule has 5 nitrogen and oxygen atoms in total. The van der Waals surface area contributed by atoms with Crippen LogP contribution < -0.4 is 21.9 Å². The van der Waals surface area contributed by atoms with Crippen molar-refractivity contribution in [2.75, 3.05) is 12.8 Å². The lowest BCUT2D eigenvalue weighted by molar-refractivity contribution is -0.127. The SMILES string of the molecule is C=C(NC)C(Cc1ccccc1)NC(=O)C(CC(C)C)C(CSc1cccs1)C(=C)NN. The van der Waals surface area contributed by atoms with Gasteiger partial charge in [0.15, 0.2) is 0 Å². The fourth-order valence-corrected chi connectivity index (χ4v) is 5.65. The molecule has 1 heterocycles. The van der Waals surface area contributed by atoms with Gasteiger partial charge in [-0.1, -0.05) is 63.4 Å². The lowest BCUT2D eigenvalue weighted by Crippen LogP contribution is -2.47. The smallest absolute Gasteiger partial charge is 0.224 e. The van der Waals surface area contributed by atoms with Gasteiger partial charge in [0.1, 0.15) is 0 Å². The zero-order valence-electron chi connectivity index (χ0n) is 19.3. The minimum atomic E-state index is -0.256. The molecule has 0 saturated heterocycles. The highest BCUT2D eigenvalue weighted by Crippen LogP contribution is 2.33. The zero-order valence-corrected chi connectivity index (χ0v) is 20.9. The first-order valence-electron chi connectivity index (χ1n) is 10.9. The summed E-state index contributed by atoms with van der Waals surface area (Å²) in [6.45, 7) is 12.5. The van der Waals surface area contributed by atoms with Crippen LogP contribution in [0, 0.1) is 17.8 Å². The van der Waals surface area contributed by atoms with Gasteiger partial charge < -0.3 is 16.1 Å². The summed E-state index contributed by atoms with van der Waals surface area (Å²) in [5.41, 5.74) is 5.33. The molecule has 2 rings (SSSR count). The highest BCUT2D eigenvalue weighted by atomic mass is 32.2. The largest absolute Gasteiger partial charge is 0.390 e. The second-order valence-corrected chi connectivity index (χ2v) is 10.5. The third kappa shape index (κ3) is 8.04. The second kappa shape index (κ2) is 13.4. The van der Waals surface area contributed by atoms with E-state index in [-0.39, 0.29) is 23.8 Å². The summed E-state index contributed by atoms with van der Waals surface area (Å²) in [5.74, 6) is 6.48. The molecule has 0 aliphatic heterocycles. The fourth-order valence-electron chi connectivity index (χ4n) is 3.61. The number of allylic oxidation sites excluding steroid dienone is 1. The number of rotatable bonds is 14. The number of benzene rings is 1. The Hall–Kier alpha value is -2.22. The quantitative estimate of drug-likeness (QED) is 0.184. The third-order valence-electron chi connectivity index (χ3n) is 5.42. The summed E-state index contributed by atoms with van der Waals surface area (Å²) in [6, 6.07) is 14.0. The first kappa shape index (κ1) is 26.0. The van der Waals surface area contributed by atoms with Gasteiger partial charge in [0.05, 0.1) is 10.3 Å². The van der Waals surface area contributed by atoms with E-state index in [4.69, 9.17) is 5.84 Å². The van der Waals surface area contributed by atoms with Crippen LogP contribution in [0.1, 0.15) is 25.8 Å². The average Bonchev–Trinajstić information content (AvgIpc) is 3.31. The summed E-state index contributed by atoms with van der Waals surface area (Å²) in [6.07, 6.45) is 1.41. The Labute approximate surface area is 200 Å². The average molecular weight is 473 g/mol. The van der Waals surface area contributed by atoms with E-state index in [0.29, 0.717) is 18.0 Å². The number of amides is 1. The first-order chi connectivity index (χ1) is 15.3. The normalized spacial score (nSPS) is 13.8. The topological polar surface area (TPSA) is 79.2 Å². The Morgan fingerprint density at radius 3 is 2.38 bits per heavy atom. The molecule has 2 aromatic rings. The molecule has 7 heteroatoms. The lowest BCUT2D eigenvalue weighted by Gasteiger charge is -2.31. The van der Waals surface area contributed by atoms with Gasteiger partial charge in [0, 0.05) is 36.0 Å². The number of carbonyl (C=O) groups excluding carboxylic acids is 1. The maximum absolute atomic E-state index is 13.6. The minimum absolute atomic E-state index is 0.00390. The summed E-state index contributed by atoms with van der Waals surface area (Å²) in [7, 11) is 1.83. The number of hydrazine groups is 1. The van der Waals surface area contributed by atoms with Crippen LogP contribution in [0.15, 0.2) is 76.6 Å². The van der Waals surface area contributed by atoms with Crippen LogP contribution in [0.3, 0.4) is 0 Å². The molecule has 1 aromatic carbocycles. The van der Waals surface area contributed by atoms with Crippen molar-refractivity contribution in [3.8, 4) is 0 Å². The van der Waals surface area contributed by atoms with Crippen LogP contribution in [0.25, 0.3) is 0 Å². The van der Waals surface area contributed by atoms with Crippen molar-refractivity contribution in [1.29, 1.82) is 0 Å². The van der Waals surface area contributed by atoms with Gasteiger partial charge in [0.25, 0.3) is 0 Å². The first-order valence-corrected chi connectivity index (χ1v) is 12.7. The number of likely N-dealkylation sites (N-methyl/N-ethyl adjacent to an activating group) is 1. The highest BCUT2D eigenvalue weighted by molar-refractivity contribution is 8.01. The van der Waals surface area contributed by atoms with Gasteiger partial charge in [-0.3, -0.25) is 10.6 Å². The number of hydrogen-bond donors (Lipinski definition) is 4. The van der Waals surface area contributed by atoms with E-state index in [2.05, 4.69) is 66.6 Å². The van der Waals surface area contributed by atoms with E-state index < -0.39 is 0 Å².